The molecule has 0 bridgehead atoms. The summed E-state index contributed by atoms with van der Waals surface area (Å²) in [5.74, 6) is -0.510. The summed E-state index contributed by atoms with van der Waals surface area (Å²) in [5.41, 5.74) is 3.42. The summed E-state index contributed by atoms with van der Waals surface area (Å²) in [6.07, 6.45) is 0. The number of hydrogen-bond acceptors (Lipinski definition) is 4. The van der Waals surface area contributed by atoms with Gasteiger partial charge in [0.1, 0.15) is 0 Å². The fraction of sp³-hybridized carbons (Fsp3) is 0.200. The van der Waals surface area contributed by atoms with E-state index in [1.807, 2.05) is 0 Å². The van der Waals surface area contributed by atoms with E-state index in [1.54, 1.807) is 31.2 Å². The van der Waals surface area contributed by atoms with Gasteiger partial charge in [0.05, 0.1) is 12.3 Å². The lowest BCUT2D eigenvalue weighted by atomic mass is 10.3. The molecule has 0 amide bonds. The standard InChI is InChI=1S/C10H10BrClN2O2/c1-2-16-10(15)9(11)14-13-8-5-3-7(12)4-6-8/h3-6,13H,2H2,1H3/b14-9-. The van der Waals surface area contributed by atoms with Crippen molar-refractivity contribution in [2.45, 2.75) is 6.92 Å². The second-order valence-electron chi connectivity index (χ2n) is 2.74. The molecule has 0 unspecified atom stereocenters. The number of hydrazone groups is 1. The van der Waals surface area contributed by atoms with Crippen LogP contribution >= 0.6 is 27.5 Å². The van der Waals surface area contributed by atoms with Crippen molar-refractivity contribution in [3.8, 4) is 0 Å². The maximum atomic E-state index is 11.2. The zero-order valence-electron chi connectivity index (χ0n) is 8.54. The first-order chi connectivity index (χ1) is 7.63. The van der Waals surface area contributed by atoms with E-state index in [9.17, 15) is 4.79 Å². The second-order valence-corrected chi connectivity index (χ2v) is 3.93. The number of esters is 1. The lowest BCUT2D eigenvalue weighted by molar-refractivity contribution is -0.134. The molecule has 4 nitrogen and oxygen atoms in total. The van der Waals surface area contributed by atoms with E-state index < -0.39 is 5.97 Å². The van der Waals surface area contributed by atoms with Crippen LogP contribution in [0.15, 0.2) is 29.4 Å². The Morgan fingerprint density at radius 3 is 2.69 bits per heavy atom. The van der Waals surface area contributed by atoms with Gasteiger partial charge >= 0.3 is 5.97 Å². The third-order valence-corrected chi connectivity index (χ3v) is 2.32. The van der Waals surface area contributed by atoms with Crippen molar-refractivity contribution in [1.82, 2.24) is 0 Å². The van der Waals surface area contributed by atoms with E-state index in [1.165, 1.54) is 0 Å². The highest BCUT2D eigenvalue weighted by atomic mass is 79.9. The summed E-state index contributed by atoms with van der Waals surface area (Å²) < 4.78 is 4.82. The van der Waals surface area contributed by atoms with Gasteiger partial charge in [-0.1, -0.05) is 11.6 Å². The van der Waals surface area contributed by atoms with Gasteiger partial charge in [0.2, 0.25) is 4.62 Å². The lowest BCUT2D eigenvalue weighted by Gasteiger charge is -2.02. The van der Waals surface area contributed by atoms with Crippen molar-refractivity contribution in [3.63, 3.8) is 0 Å². The normalized spacial score (nSPS) is 11.1. The van der Waals surface area contributed by atoms with Crippen LogP contribution in [-0.4, -0.2) is 17.2 Å². The van der Waals surface area contributed by atoms with Gasteiger partial charge in [0.25, 0.3) is 0 Å². The predicted molar refractivity (Wildman–Crippen MR) is 68.1 cm³/mol. The molecule has 0 aromatic heterocycles. The fourth-order valence-corrected chi connectivity index (χ4v) is 1.20. The minimum Gasteiger partial charge on any atom is -0.461 e. The van der Waals surface area contributed by atoms with E-state index in [-0.39, 0.29) is 4.62 Å². The van der Waals surface area contributed by atoms with Gasteiger partial charge in [-0.2, -0.15) is 5.10 Å². The molecule has 1 aromatic carbocycles. The summed E-state index contributed by atoms with van der Waals surface area (Å²) in [5, 5.41) is 4.45. The highest BCUT2D eigenvalue weighted by molar-refractivity contribution is 9.19. The largest absolute Gasteiger partial charge is 0.461 e. The van der Waals surface area contributed by atoms with Crippen LogP contribution in [-0.2, 0) is 9.53 Å². The number of carbonyl (C=O) groups is 1. The molecule has 0 saturated carbocycles. The van der Waals surface area contributed by atoms with Gasteiger partial charge in [-0.3, -0.25) is 5.43 Å². The third kappa shape index (κ3) is 4.20. The van der Waals surface area contributed by atoms with Gasteiger partial charge in [0.15, 0.2) is 0 Å². The molecular formula is C10H10BrClN2O2. The minimum absolute atomic E-state index is 0.0873. The van der Waals surface area contributed by atoms with Crippen molar-refractivity contribution in [3.05, 3.63) is 29.3 Å². The minimum atomic E-state index is -0.510. The first-order valence-electron chi connectivity index (χ1n) is 4.55. The van der Waals surface area contributed by atoms with Crippen molar-refractivity contribution in [2.24, 2.45) is 5.10 Å². The quantitative estimate of drug-likeness (QED) is 0.528. The number of nitrogens with zero attached hydrogens (tertiary/aromatic N) is 1. The molecule has 0 fully saturated rings. The van der Waals surface area contributed by atoms with Crippen LogP contribution in [0.3, 0.4) is 0 Å². The fourth-order valence-electron chi connectivity index (χ4n) is 0.874. The molecular weight excluding hydrogens is 295 g/mol. The van der Waals surface area contributed by atoms with Crippen LogP contribution in [0.25, 0.3) is 0 Å². The molecule has 86 valence electrons. The Labute approximate surface area is 107 Å². The zero-order chi connectivity index (χ0) is 12.0. The third-order valence-electron chi connectivity index (χ3n) is 1.57. The Balaban J connectivity index is 2.58. The molecule has 0 radical (unpaired) electrons. The van der Waals surface area contributed by atoms with Crippen LogP contribution < -0.4 is 5.43 Å². The Morgan fingerprint density at radius 2 is 2.12 bits per heavy atom. The topological polar surface area (TPSA) is 50.7 Å². The summed E-state index contributed by atoms with van der Waals surface area (Å²) in [6.45, 7) is 2.04. The van der Waals surface area contributed by atoms with E-state index >= 15 is 0 Å². The average molecular weight is 306 g/mol. The van der Waals surface area contributed by atoms with Gasteiger partial charge < -0.3 is 4.74 Å². The lowest BCUT2D eigenvalue weighted by Crippen LogP contribution is -2.12. The van der Waals surface area contributed by atoms with Gasteiger partial charge in [-0.25, -0.2) is 4.79 Å². The number of anilines is 1. The number of hydrogen-bond donors (Lipinski definition) is 1. The molecule has 0 aliphatic carbocycles. The van der Waals surface area contributed by atoms with Crippen LogP contribution in [0.4, 0.5) is 5.69 Å². The molecule has 0 aliphatic rings. The Kier molecular flexibility index (Phi) is 5.28. The van der Waals surface area contributed by atoms with Gasteiger partial charge in [0, 0.05) is 5.02 Å². The van der Waals surface area contributed by atoms with Crippen molar-refractivity contribution in [1.29, 1.82) is 0 Å². The number of rotatable bonds is 4. The SMILES string of the molecule is CCOC(=O)/C(Br)=N/Nc1ccc(Cl)cc1. The number of ether oxygens (including phenoxy) is 1. The van der Waals surface area contributed by atoms with Crippen molar-refractivity contribution >= 4 is 43.8 Å². The van der Waals surface area contributed by atoms with Crippen LogP contribution in [0.2, 0.25) is 5.02 Å². The highest BCUT2D eigenvalue weighted by Gasteiger charge is 2.07. The molecule has 0 spiro atoms. The molecule has 1 rings (SSSR count). The maximum Gasteiger partial charge on any atom is 0.366 e. The highest BCUT2D eigenvalue weighted by Crippen LogP contribution is 2.13. The smallest absolute Gasteiger partial charge is 0.366 e. The van der Waals surface area contributed by atoms with Gasteiger partial charge in [-0.05, 0) is 47.1 Å². The molecule has 0 heterocycles. The summed E-state index contributed by atoms with van der Waals surface area (Å²) in [4.78, 5) is 11.2. The second kappa shape index (κ2) is 6.50. The van der Waals surface area contributed by atoms with Crippen molar-refractivity contribution in [2.75, 3.05) is 12.0 Å². The summed E-state index contributed by atoms with van der Waals surface area (Å²) in [6, 6.07) is 6.93. The van der Waals surface area contributed by atoms with Crippen molar-refractivity contribution < 1.29 is 9.53 Å². The number of nitrogens with one attached hydrogen (secondary N) is 1. The predicted octanol–water partition coefficient (Wildman–Crippen LogP) is 3.02. The first-order valence-corrected chi connectivity index (χ1v) is 5.72. The maximum absolute atomic E-state index is 11.2. The molecule has 0 saturated heterocycles. The molecule has 0 aliphatic heterocycles. The summed E-state index contributed by atoms with van der Waals surface area (Å²) in [7, 11) is 0. The number of carbonyl (C=O) groups excluding carboxylic acids is 1. The van der Waals surface area contributed by atoms with Crippen LogP contribution in [0.1, 0.15) is 6.92 Å². The monoisotopic (exact) mass is 304 g/mol. The molecule has 0 atom stereocenters. The first kappa shape index (κ1) is 13.0. The zero-order valence-corrected chi connectivity index (χ0v) is 10.9. The van der Waals surface area contributed by atoms with Crippen LogP contribution in [0.5, 0.6) is 0 Å². The van der Waals surface area contributed by atoms with Crippen LogP contribution in [0, 0.1) is 0 Å². The Morgan fingerprint density at radius 1 is 1.50 bits per heavy atom. The molecule has 1 N–H and O–H groups in total. The Hall–Kier alpha value is -1.07. The average Bonchev–Trinajstić information content (AvgIpc) is 2.28. The molecule has 6 heteroatoms. The molecule has 1 aromatic rings. The number of halogens is 2. The van der Waals surface area contributed by atoms with E-state index in [0.717, 1.165) is 5.69 Å². The van der Waals surface area contributed by atoms with E-state index in [2.05, 4.69) is 26.5 Å². The summed E-state index contributed by atoms with van der Waals surface area (Å²) >= 11 is 8.72. The van der Waals surface area contributed by atoms with E-state index in [4.69, 9.17) is 16.3 Å². The van der Waals surface area contributed by atoms with Gasteiger partial charge in [-0.15, -0.1) is 0 Å². The Bertz CT molecular complexity index is 392. The van der Waals surface area contributed by atoms with E-state index in [0.29, 0.717) is 11.6 Å². The number of benzene rings is 1. The molecule has 16 heavy (non-hydrogen) atoms.